The molecule has 2 aliphatic heterocycles. The lowest BCUT2D eigenvalue weighted by Gasteiger charge is -2.20. The van der Waals surface area contributed by atoms with Crippen molar-refractivity contribution in [1.82, 2.24) is 15.3 Å². The van der Waals surface area contributed by atoms with E-state index >= 15 is 0 Å². The number of benzene rings is 1. The molecule has 4 heterocycles. The topological polar surface area (TPSA) is 120 Å². The number of aromatic nitrogens is 2. The number of pyridine rings is 1. The molecular formula is C18H15N5O4S. The Morgan fingerprint density at radius 2 is 2.25 bits per heavy atom. The Labute approximate surface area is 163 Å². The van der Waals surface area contributed by atoms with Crippen LogP contribution in [0.3, 0.4) is 0 Å². The molecule has 0 unspecified atom stereocenters. The molecule has 0 aliphatic carbocycles. The molecule has 0 saturated carbocycles. The molecular weight excluding hydrogens is 382 g/mol. The highest BCUT2D eigenvalue weighted by Gasteiger charge is 2.42. The lowest BCUT2D eigenvalue weighted by molar-refractivity contribution is 0.0998. The predicted molar refractivity (Wildman–Crippen MR) is 102 cm³/mol. The van der Waals surface area contributed by atoms with Crippen LogP contribution in [0.1, 0.15) is 10.4 Å². The number of ether oxygens (including phenoxy) is 2. The molecule has 2 amide bonds. The van der Waals surface area contributed by atoms with Crippen LogP contribution in [0.2, 0.25) is 0 Å². The molecule has 1 aromatic carbocycles. The number of nitrogens with one attached hydrogen (secondary N) is 1. The van der Waals surface area contributed by atoms with Crippen LogP contribution in [0.15, 0.2) is 35.3 Å². The third kappa shape index (κ3) is 2.78. The number of nitrogens with two attached hydrogens (primary N) is 1. The number of amides is 2. The first kappa shape index (κ1) is 16.8. The van der Waals surface area contributed by atoms with E-state index in [1.165, 1.54) is 11.3 Å². The van der Waals surface area contributed by atoms with Gasteiger partial charge in [0.25, 0.3) is 5.91 Å². The van der Waals surface area contributed by atoms with Gasteiger partial charge in [-0.3, -0.25) is 4.79 Å². The molecule has 0 spiro atoms. The van der Waals surface area contributed by atoms with Crippen molar-refractivity contribution in [3.05, 3.63) is 40.8 Å². The summed E-state index contributed by atoms with van der Waals surface area (Å²) in [5, 5.41) is 6.16. The Balaban J connectivity index is 1.57. The monoisotopic (exact) mass is 397 g/mol. The van der Waals surface area contributed by atoms with Crippen molar-refractivity contribution in [3.8, 4) is 11.6 Å². The molecule has 3 N–H and O–H groups in total. The van der Waals surface area contributed by atoms with Crippen LogP contribution in [0.4, 0.5) is 10.6 Å². The van der Waals surface area contributed by atoms with Gasteiger partial charge >= 0.3 is 6.09 Å². The van der Waals surface area contributed by atoms with Crippen molar-refractivity contribution in [2.24, 2.45) is 5.73 Å². The van der Waals surface area contributed by atoms with Gasteiger partial charge in [0.2, 0.25) is 5.88 Å². The molecule has 2 fully saturated rings. The van der Waals surface area contributed by atoms with E-state index in [2.05, 4.69) is 15.3 Å². The van der Waals surface area contributed by atoms with Crippen molar-refractivity contribution < 1.29 is 19.1 Å². The molecule has 10 heteroatoms. The number of carbonyl (C=O) groups excluding carboxylic acids is 2. The summed E-state index contributed by atoms with van der Waals surface area (Å²) in [6, 6.07) is 5.19. The number of thiazole rings is 1. The van der Waals surface area contributed by atoms with E-state index in [1.807, 2.05) is 11.0 Å². The molecule has 2 aromatic heterocycles. The summed E-state index contributed by atoms with van der Waals surface area (Å²) >= 11 is 1.39. The Bertz CT molecular complexity index is 1070. The second kappa shape index (κ2) is 6.34. The van der Waals surface area contributed by atoms with Crippen molar-refractivity contribution in [1.29, 1.82) is 0 Å². The Morgan fingerprint density at radius 1 is 1.36 bits per heavy atom. The molecule has 2 saturated heterocycles. The van der Waals surface area contributed by atoms with Crippen molar-refractivity contribution >= 4 is 39.9 Å². The van der Waals surface area contributed by atoms with E-state index < -0.39 is 5.91 Å². The van der Waals surface area contributed by atoms with Gasteiger partial charge in [-0.25, -0.2) is 14.8 Å². The van der Waals surface area contributed by atoms with Crippen LogP contribution in [-0.2, 0) is 4.74 Å². The zero-order chi connectivity index (χ0) is 19.3. The molecule has 3 aromatic rings. The van der Waals surface area contributed by atoms with E-state index in [4.69, 9.17) is 15.2 Å². The first-order valence-electron chi connectivity index (χ1n) is 8.59. The molecule has 9 nitrogen and oxygen atoms in total. The predicted octanol–water partition coefficient (Wildman–Crippen LogP) is 1.88. The number of hydrogen-bond acceptors (Lipinski definition) is 8. The third-order valence-electron chi connectivity index (χ3n) is 4.86. The molecule has 5 rings (SSSR count). The van der Waals surface area contributed by atoms with Gasteiger partial charge in [-0.2, -0.15) is 0 Å². The number of fused-ring (bicyclic) bond motifs is 2. The van der Waals surface area contributed by atoms with Crippen LogP contribution >= 0.6 is 11.3 Å². The number of nitrogens with zero attached hydrogens (tertiary/aromatic N) is 3. The zero-order valence-electron chi connectivity index (χ0n) is 14.5. The Kier molecular flexibility index (Phi) is 3.79. The number of rotatable bonds is 4. The average Bonchev–Trinajstić information content (AvgIpc) is 3.37. The second-order valence-corrected chi connectivity index (χ2v) is 7.32. The second-order valence-electron chi connectivity index (χ2n) is 6.60. The maximum atomic E-state index is 11.9. The first-order valence-corrected chi connectivity index (χ1v) is 9.53. The average molecular weight is 397 g/mol. The summed E-state index contributed by atoms with van der Waals surface area (Å²) in [5.74, 6) is 0.856. The van der Waals surface area contributed by atoms with Crippen LogP contribution < -0.4 is 20.7 Å². The van der Waals surface area contributed by atoms with Gasteiger partial charge in [0.05, 0.1) is 29.0 Å². The van der Waals surface area contributed by atoms with Crippen LogP contribution in [0, 0.1) is 0 Å². The normalized spacial score (nSPS) is 20.7. The van der Waals surface area contributed by atoms with Gasteiger partial charge in [0, 0.05) is 18.1 Å². The van der Waals surface area contributed by atoms with Gasteiger partial charge in [-0.1, -0.05) is 0 Å². The van der Waals surface area contributed by atoms with Gasteiger partial charge in [0.1, 0.15) is 17.7 Å². The van der Waals surface area contributed by atoms with Crippen LogP contribution in [0.5, 0.6) is 11.6 Å². The largest absolute Gasteiger partial charge is 0.442 e. The minimum absolute atomic E-state index is 0.0693. The maximum Gasteiger partial charge on any atom is 0.407 e. The number of anilines is 1. The third-order valence-corrected chi connectivity index (χ3v) is 5.43. The van der Waals surface area contributed by atoms with Crippen molar-refractivity contribution in [3.63, 3.8) is 0 Å². The molecule has 28 heavy (non-hydrogen) atoms. The summed E-state index contributed by atoms with van der Waals surface area (Å²) < 4.78 is 11.1. The fraction of sp³-hybridized carbons (Fsp3) is 0.222. The zero-order valence-corrected chi connectivity index (χ0v) is 15.3. The Hall–Kier alpha value is -3.40. The fourth-order valence-electron chi connectivity index (χ4n) is 3.61. The molecule has 2 atom stereocenters. The lowest BCUT2D eigenvalue weighted by atomic mass is 10.1. The van der Waals surface area contributed by atoms with E-state index in [-0.39, 0.29) is 23.8 Å². The molecule has 2 aliphatic rings. The highest BCUT2D eigenvalue weighted by molar-refractivity contribution is 7.07. The van der Waals surface area contributed by atoms with Gasteiger partial charge in [-0.05, 0) is 23.6 Å². The van der Waals surface area contributed by atoms with E-state index in [0.29, 0.717) is 24.7 Å². The lowest BCUT2D eigenvalue weighted by Crippen LogP contribution is -2.32. The summed E-state index contributed by atoms with van der Waals surface area (Å²) in [6.45, 7) is 1.12. The highest BCUT2D eigenvalue weighted by atomic mass is 32.1. The van der Waals surface area contributed by atoms with E-state index in [0.717, 1.165) is 16.6 Å². The molecule has 142 valence electrons. The maximum absolute atomic E-state index is 11.9. The van der Waals surface area contributed by atoms with E-state index in [1.54, 1.807) is 29.2 Å². The van der Waals surface area contributed by atoms with Gasteiger partial charge < -0.3 is 25.4 Å². The van der Waals surface area contributed by atoms with Gasteiger partial charge in [-0.15, -0.1) is 11.3 Å². The first-order chi connectivity index (χ1) is 13.6. The number of primary amides is 1. The number of alkyl carbamates (subject to hydrolysis) is 1. The van der Waals surface area contributed by atoms with Crippen molar-refractivity contribution in [2.75, 3.05) is 18.0 Å². The SMILES string of the molecule is NC(=O)c1cc2ccnc(N3C[C@@H]4OC(=O)N[C@@H]4C3)c2cc1Oc1cscn1. The quantitative estimate of drug-likeness (QED) is 0.690. The highest BCUT2D eigenvalue weighted by Crippen LogP contribution is 2.35. The van der Waals surface area contributed by atoms with E-state index in [9.17, 15) is 9.59 Å². The molecule has 0 bridgehead atoms. The summed E-state index contributed by atoms with van der Waals surface area (Å²) in [6.07, 6.45) is 1.09. The van der Waals surface area contributed by atoms with Crippen LogP contribution in [0.25, 0.3) is 10.8 Å². The summed E-state index contributed by atoms with van der Waals surface area (Å²) in [4.78, 5) is 34.0. The minimum Gasteiger partial charge on any atom is -0.442 e. The summed E-state index contributed by atoms with van der Waals surface area (Å²) in [7, 11) is 0. The van der Waals surface area contributed by atoms with Crippen molar-refractivity contribution in [2.45, 2.75) is 12.1 Å². The fourth-order valence-corrected chi connectivity index (χ4v) is 4.06. The van der Waals surface area contributed by atoms with Gasteiger partial charge in [0.15, 0.2) is 0 Å². The smallest absolute Gasteiger partial charge is 0.407 e. The molecule has 0 radical (unpaired) electrons. The number of hydrogen-bond donors (Lipinski definition) is 2. The number of carbonyl (C=O) groups is 2. The van der Waals surface area contributed by atoms with Crippen LogP contribution in [-0.4, -0.2) is 47.2 Å². The Morgan fingerprint density at radius 3 is 3.00 bits per heavy atom. The summed E-state index contributed by atoms with van der Waals surface area (Å²) in [5.41, 5.74) is 7.46. The minimum atomic E-state index is -0.586. The standard InChI is InChI=1S/C18H15N5O4S/c19-16(24)11-3-9-1-2-20-17(23-5-12-14(6-23)27-18(25)22-12)10(9)4-13(11)26-15-7-28-8-21-15/h1-4,7-8,12,14H,5-6H2,(H2,19,24)(H,22,25)/t12-,14+/m1/s1.